The molecular formula is C15H17NOS. The largest absolute Gasteiger partial charge is 0.496 e. The first-order valence-electron chi connectivity index (χ1n) is 5.81. The maximum absolute atomic E-state index is 5.93. The van der Waals surface area contributed by atoms with Gasteiger partial charge in [-0.25, -0.2) is 0 Å². The van der Waals surface area contributed by atoms with E-state index >= 15 is 0 Å². The molecule has 0 saturated carbocycles. The molecular weight excluding hydrogens is 242 g/mol. The fourth-order valence-corrected chi connectivity index (χ4v) is 2.73. The summed E-state index contributed by atoms with van der Waals surface area (Å²) in [5.74, 6) is 1.79. The van der Waals surface area contributed by atoms with Crippen molar-refractivity contribution in [3.8, 4) is 5.75 Å². The smallest absolute Gasteiger partial charge is 0.122 e. The molecule has 0 radical (unpaired) electrons. The van der Waals surface area contributed by atoms with E-state index in [4.69, 9.17) is 10.5 Å². The van der Waals surface area contributed by atoms with Crippen LogP contribution in [0.15, 0.2) is 47.4 Å². The van der Waals surface area contributed by atoms with Crippen molar-refractivity contribution in [3.63, 3.8) is 0 Å². The molecule has 0 spiro atoms. The van der Waals surface area contributed by atoms with Gasteiger partial charge < -0.3 is 10.5 Å². The van der Waals surface area contributed by atoms with Crippen LogP contribution in [0.2, 0.25) is 0 Å². The highest BCUT2D eigenvalue weighted by molar-refractivity contribution is 7.98. The van der Waals surface area contributed by atoms with E-state index < -0.39 is 0 Å². The quantitative estimate of drug-likeness (QED) is 0.668. The van der Waals surface area contributed by atoms with Crippen molar-refractivity contribution in [2.45, 2.75) is 17.6 Å². The zero-order valence-corrected chi connectivity index (χ0v) is 11.5. The number of nitrogen functional groups attached to an aromatic ring is 1. The predicted octanol–water partition coefficient (Wildman–Crippen LogP) is 3.88. The first kappa shape index (κ1) is 12.8. The third kappa shape index (κ3) is 2.99. The maximum atomic E-state index is 5.93. The van der Waals surface area contributed by atoms with Crippen molar-refractivity contribution < 1.29 is 4.74 Å². The summed E-state index contributed by atoms with van der Waals surface area (Å²) in [4.78, 5) is 1.11. The maximum Gasteiger partial charge on any atom is 0.122 e. The number of anilines is 1. The molecule has 0 bridgehead atoms. The number of methoxy groups -OCH3 is 1. The number of benzene rings is 2. The first-order valence-corrected chi connectivity index (χ1v) is 6.80. The zero-order chi connectivity index (χ0) is 13.0. The van der Waals surface area contributed by atoms with Gasteiger partial charge in [0, 0.05) is 21.9 Å². The number of nitrogens with two attached hydrogens (primary N) is 1. The van der Waals surface area contributed by atoms with Crippen LogP contribution in [0.3, 0.4) is 0 Å². The SMILES string of the molecule is COc1ccc(C)cc1CSc1ccccc1N. The van der Waals surface area contributed by atoms with Gasteiger partial charge in [0.2, 0.25) is 0 Å². The molecule has 2 aromatic carbocycles. The van der Waals surface area contributed by atoms with Crippen molar-refractivity contribution in [2.24, 2.45) is 0 Å². The second kappa shape index (κ2) is 5.83. The molecule has 0 fully saturated rings. The van der Waals surface area contributed by atoms with Crippen LogP contribution in [0.4, 0.5) is 5.69 Å². The van der Waals surface area contributed by atoms with E-state index in [-0.39, 0.29) is 0 Å². The molecule has 0 atom stereocenters. The van der Waals surface area contributed by atoms with E-state index in [1.54, 1.807) is 18.9 Å². The van der Waals surface area contributed by atoms with Gasteiger partial charge in [0.15, 0.2) is 0 Å². The molecule has 18 heavy (non-hydrogen) atoms. The average Bonchev–Trinajstić information content (AvgIpc) is 2.38. The molecule has 2 rings (SSSR count). The third-order valence-electron chi connectivity index (χ3n) is 2.74. The van der Waals surface area contributed by atoms with Crippen LogP contribution in [-0.4, -0.2) is 7.11 Å². The Morgan fingerprint density at radius 2 is 1.94 bits per heavy atom. The molecule has 2 N–H and O–H groups in total. The second-order valence-corrected chi connectivity index (χ2v) is 5.16. The lowest BCUT2D eigenvalue weighted by Gasteiger charge is -2.10. The van der Waals surface area contributed by atoms with Gasteiger partial charge in [-0.3, -0.25) is 0 Å². The Balaban J connectivity index is 2.15. The summed E-state index contributed by atoms with van der Waals surface area (Å²) in [5, 5.41) is 0. The highest BCUT2D eigenvalue weighted by atomic mass is 32.2. The number of aryl methyl sites for hydroxylation is 1. The van der Waals surface area contributed by atoms with Crippen molar-refractivity contribution in [2.75, 3.05) is 12.8 Å². The molecule has 0 amide bonds. The highest BCUT2D eigenvalue weighted by Crippen LogP contribution is 2.31. The van der Waals surface area contributed by atoms with Gasteiger partial charge in [0.1, 0.15) is 5.75 Å². The van der Waals surface area contributed by atoms with Crippen LogP contribution in [0.1, 0.15) is 11.1 Å². The topological polar surface area (TPSA) is 35.2 Å². The van der Waals surface area contributed by atoms with Crippen LogP contribution in [0, 0.1) is 6.92 Å². The number of para-hydroxylation sites is 1. The second-order valence-electron chi connectivity index (χ2n) is 4.14. The number of hydrogen-bond acceptors (Lipinski definition) is 3. The van der Waals surface area contributed by atoms with Crippen molar-refractivity contribution in [3.05, 3.63) is 53.6 Å². The van der Waals surface area contributed by atoms with Crippen molar-refractivity contribution >= 4 is 17.4 Å². The molecule has 3 heteroatoms. The Bertz CT molecular complexity index is 540. The molecule has 0 aliphatic carbocycles. The molecule has 2 nitrogen and oxygen atoms in total. The minimum absolute atomic E-state index is 0.828. The van der Waals surface area contributed by atoms with E-state index in [0.29, 0.717) is 0 Å². The summed E-state index contributed by atoms with van der Waals surface area (Å²) in [6.07, 6.45) is 0. The lowest BCUT2D eigenvalue weighted by Crippen LogP contribution is -1.92. The number of ether oxygens (including phenoxy) is 1. The van der Waals surface area contributed by atoms with Crippen molar-refractivity contribution in [1.82, 2.24) is 0 Å². The van der Waals surface area contributed by atoms with E-state index in [1.165, 1.54) is 11.1 Å². The molecule has 0 aliphatic heterocycles. The van der Waals surface area contributed by atoms with E-state index in [9.17, 15) is 0 Å². The molecule has 0 unspecified atom stereocenters. The Hall–Kier alpha value is -1.61. The number of hydrogen-bond donors (Lipinski definition) is 1. The normalized spacial score (nSPS) is 10.3. The van der Waals surface area contributed by atoms with Gasteiger partial charge in [-0.1, -0.05) is 29.8 Å². The Labute approximate surface area is 112 Å². The molecule has 0 aromatic heterocycles. The van der Waals surface area contributed by atoms with E-state index in [1.807, 2.05) is 30.3 Å². The number of rotatable bonds is 4. The minimum Gasteiger partial charge on any atom is -0.496 e. The van der Waals surface area contributed by atoms with Gasteiger partial charge in [0.25, 0.3) is 0 Å². The van der Waals surface area contributed by atoms with Crippen LogP contribution >= 0.6 is 11.8 Å². The standard InChI is InChI=1S/C15H17NOS/c1-11-7-8-14(17-2)12(9-11)10-18-15-6-4-3-5-13(15)16/h3-9H,10,16H2,1-2H3. The summed E-state index contributed by atoms with van der Waals surface area (Å²) in [7, 11) is 1.70. The van der Waals surface area contributed by atoms with Crippen LogP contribution in [0.25, 0.3) is 0 Å². The van der Waals surface area contributed by atoms with Gasteiger partial charge in [-0.15, -0.1) is 11.8 Å². The van der Waals surface area contributed by atoms with E-state index in [2.05, 4.69) is 19.1 Å². The van der Waals surface area contributed by atoms with Crippen LogP contribution in [-0.2, 0) is 5.75 Å². The lowest BCUT2D eigenvalue weighted by molar-refractivity contribution is 0.411. The monoisotopic (exact) mass is 259 g/mol. The summed E-state index contributed by atoms with van der Waals surface area (Å²) in [6, 6.07) is 14.2. The number of thioether (sulfide) groups is 1. The summed E-state index contributed by atoms with van der Waals surface area (Å²) in [6.45, 7) is 2.09. The Morgan fingerprint density at radius 1 is 1.17 bits per heavy atom. The van der Waals surface area contributed by atoms with Gasteiger partial charge >= 0.3 is 0 Å². The fraction of sp³-hybridized carbons (Fsp3) is 0.200. The zero-order valence-electron chi connectivity index (χ0n) is 10.6. The summed E-state index contributed by atoms with van der Waals surface area (Å²) in [5.41, 5.74) is 9.20. The van der Waals surface area contributed by atoms with Crippen LogP contribution in [0.5, 0.6) is 5.75 Å². The lowest BCUT2D eigenvalue weighted by atomic mass is 10.1. The van der Waals surface area contributed by atoms with Gasteiger partial charge in [-0.05, 0) is 25.1 Å². The molecule has 0 heterocycles. The van der Waals surface area contributed by atoms with E-state index in [0.717, 1.165) is 22.1 Å². The molecule has 0 aliphatic rings. The predicted molar refractivity (Wildman–Crippen MR) is 78.1 cm³/mol. The van der Waals surface area contributed by atoms with Crippen LogP contribution < -0.4 is 10.5 Å². The minimum atomic E-state index is 0.828. The van der Waals surface area contributed by atoms with Gasteiger partial charge in [-0.2, -0.15) is 0 Å². The third-order valence-corrected chi connectivity index (χ3v) is 3.88. The summed E-state index contributed by atoms with van der Waals surface area (Å²) >= 11 is 1.73. The Kier molecular flexibility index (Phi) is 4.15. The fourth-order valence-electron chi connectivity index (χ4n) is 1.79. The Morgan fingerprint density at radius 3 is 2.67 bits per heavy atom. The average molecular weight is 259 g/mol. The molecule has 94 valence electrons. The first-order chi connectivity index (χ1) is 8.70. The van der Waals surface area contributed by atoms with Gasteiger partial charge in [0.05, 0.1) is 7.11 Å². The summed E-state index contributed by atoms with van der Waals surface area (Å²) < 4.78 is 5.37. The van der Waals surface area contributed by atoms with Crippen molar-refractivity contribution in [1.29, 1.82) is 0 Å². The highest BCUT2D eigenvalue weighted by Gasteiger charge is 2.05. The molecule has 2 aromatic rings. The molecule has 0 saturated heterocycles.